The first kappa shape index (κ1) is 9.22. The summed E-state index contributed by atoms with van der Waals surface area (Å²) in [5.74, 6) is 0. The molecule has 1 aliphatic rings. The van der Waals surface area contributed by atoms with Crippen molar-refractivity contribution in [2.75, 3.05) is 0 Å². The van der Waals surface area contributed by atoms with Crippen molar-refractivity contribution in [3.05, 3.63) is 11.7 Å². The molecule has 0 aromatic heterocycles. The predicted molar refractivity (Wildman–Crippen MR) is 32.9 cm³/mol. The van der Waals surface area contributed by atoms with Crippen LogP contribution in [0.25, 0.3) is 0 Å². The number of halogens is 4. The van der Waals surface area contributed by atoms with E-state index in [0.29, 0.717) is 0 Å². The molecule has 0 aromatic rings. The van der Waals surface area contributed by atoms with Crippen LogP contribution in [0.1, 0.15) is 12.8 Å². The van der Waals surface area contributed by atoms with Crippen molar-refractivity contribution in [1.82, 2.24) is 0 Å². The normalized spacial score (nSPS) is 33.8. The lowest BCUT2D eigenvalue weighted by Gasteiger charge is -2.36. The second-order valence-electron chi connectivity index (χ2n) is 2.61. The molecular formula is C7H5F4O. The molecular weight excluding hydrogens is 176 g/mol. The highest BCUT2D eigenvalue weighted by Gasteiger charge is 2.53. The molecule has 0 amide bonds. The number of rotatable bonds is 2. The van der Waals surface area contributed by atoms with E-state index in [1.165, 1.54) is 0 Å². The van der Waals surface area contributed by atoms with Gasteiger partial charge in [0.15, 0.2) is 5.67 Å². The third-order valence-electron chi connectivity index (χ3n) is 1.96. The molecule has 5 heteroatoms. The van der Waals surface area contributed by atoms with E-state index in [1.807, 2.05) is 0 Å². The van der Waals surface area contributed by atoms with E-state index in [4.69, 9.17) is 0 Å². The van der Waals surface area contributed by atoms with Crippen LogP contribution >= 0.6 is 0 Å². The van der Waals surface area contributed by atoms with Crippen LogP contribution in [0.4, 0.5) is 17.6 Å². The van der Waals surface area contributed by atoms with Crippen LogP contribution in [-0.4, -0.2) is 18.1 Å². The van der Waals surface area contributed by atoms with Crippen LogP contribution in [0.5, 0.6) is 0 Å². The first-order chi connectivity index (χ1) is 5.52. The van der Waals surface area contributed by atoms with Gasteiger partial charge in [0.05, 0.1) is 0 Å². The minimum Gasteiger partial charge on any atom is -0.285 e. The molecule has 0 heterocycles. The summed E-state index contributed by atoms with van der Waals surface area (Å²) in [6.45, 7) is 0. The van der Waals surface area contributed by atoms with Gasteiger partial charge in [-0.15, -0.1) is 0 Å². The quantitative estimate of drug-likeness (QED) is 0.470. The molecule has 1 fully saturated rings. The van der Waals surface area contributed by atoms with Gasteiger partial charge in [-0.3, -0.25) is 4.79 Å². The average molecular weight is 181 g/mol. The Kier molecular flexibility index (Phi) is 2.21. The zero-order chi connectivity index (χ0) is 9.35. The molecule has 1 radical (unpaired) electrons. The molecule has 1 saturated carbocycles. The van der Waals surface area contributed by atoms with E-state index in [-0.39, 0.29) is 12.8 Å². The fourth-order valence-corrected chi connectivity index (χ4v) is 1.07. The Labute approximate surface area is 66.1 Å². The molecule has 0 saturated heterocycles. The van der Waals surface area contributed by atoms with Crippen molar-refractivity contribution in [2.45, 2.75) is 24.7 Å². The van der Waals surface area contributed by atoms with E-state index in [0.717, 1.165) is 6.29 Å². The Bertz CT molecular complexity index is 234. The number of hydrogen-bond donors (Lipinski definition) is 0. The van der Waals surface area contributed by atoms with Gasteiger partial charge in [0.2, 0.25) is 6.29 Å². The second kappa shape index (κ2) is 2.88. The molecule has 0 bridgehead atoms. The largest absolute Gasteiger partial charge is 0.285 e. The summed E-state index contributed by atoms with van der Waals surface area (Å²) in [5, 5.41) is 0. The maximum Gasteiger partial charge on any atom is 0.280 e. The molecule has 0 aliphatic heterocycles. The SMILES string of the molecule is O=[C]C(=C(F)F)C1(F)CCC1F. The summed E-state index contributed by atoms with van der Waals surface area (Å²) >= 11 is 0. The molecule has 2 atom stereocenters. The fraction of sp³-hybridized carbons (Fsp3) is 0.571. The van der Waals surface area contributed by atoms with Crippen LogP contribution in [-0.2, 0) is 4.79 Å². The van der Waals surface area contributed by atoms with E-state index < -0.39 is 23.5 Å². The van der Waals surface area contributed by atoms with E-state index >= 15 is 0 Å². The maximum absolute atomic E-state index is 13.0. The summed E-state index contributed by atoms with van der Waals surface area (Å²) in [4.78, 5) is 9.86. The number of alkyl halides is 2. The molecule has 1 nitrogen and oxygen atoms in total. The van der Waals surface area contributed by atoms with Crippen molar-refractivity contribution in [1.29, 1.82) is 0 Å². The lowest BCUT2D eigenvalue weighted by Crippen LogP contribution is -2.47. The van der Waals surface area contributed by atoms with Crippen LogP contribution in [0, 0.1) is 0 Å². The molecule has 67 valence electrons. The highest BCUT2D eigenvalue weighted by molar-refractivity contribution is 5.78. The van der Waals surface area contributed by atoms with Gasteiger partial charge >= 0.3 is 0 Å². The summed E-state index contributed by atoms with van der Waals surface area (Å²) in [5.41, 5.74) is -4.26. The molecule has 1 aliphatic carbocycles. The fourth-order valence-electron chi connectivity index (χ4n) is 1.07. The Balaban J connectivity index is 2.94. The van der Waals surface area contributed by atoms with Crippen molar-refractivity contribution in [3.8, 4) is 0 Å². The van der Waals surface area contributed by atoms with Crippen molar-refractivity contribution >= 4 is 6.29 Å². The monoisotopic (exact) mass is 181 g/mol. The van der Waals surface area contributed by atoms with E-state index in [2.05, 4.69) is 0 Å². The van der Waals surface area contributed by atoms with Crippen LogP contribution in [0.15, 0.2) is 11.7 Å². The van der Waals surface area contributed by atoms with Crippen molar-refractivity contribution < 1.29 is 22.4 Å². The molecule has 1 rings (SSSR count). The highest BCUT2D eigenvalue weighted by atomic mass is 19.3. The summed E-state index contributed by atoms with van der Waals surface area (Å²) in [7, 11) is 0. The zero-order valence-electron chi connectivity index (χ0n) is 5.91. The predicted octanol–water partition coefficient (Wildman–Crippen LogP) is 2.09. The standard InChI is InChI=1S/C7H5F4O/c8-5-1-2-7(5,11)4(3-12)6(9)10/h5H,1-2H2. The minimum atomic E-state index is -2.79. The van der Waals surface area contributed by atoms with Crippen molar-refractivity contribution in [3.63, 3.8) is 0 Å². The summed E-state index contributed by atoms with van der Waals surface area (Å²) in [6, 6.07) is 0. The third kappa shape index (κ3) is 1.13. The Hall–Kier alpha value is -0.870. The lowest BCUT2D eigenvalue weighted by atomic mass is 9.75. The van der Waals surface area contributed by atoms with Gasteiger partial charge in [0, 0.05) is 0 Å². The number of carbonyl (C=O) groups excluding carboxylic acids is 1. The Morgan fingerprint density at radius 2 is 2.08 bits per heavy atom. The average Bonchev–Trinajstić information content (AvgIpc) is 2.02. The lowest BCUT2D eigenvalue weighted by molar-refractivity contribution is -0.00561. The van der Waals surface area contributed by atoms with Crippen LogP contribution in [0.2, 0.25) is 0 Å². The smallest absolute Gasteiger partial charge is 0.280 e. The molecule has 0 N–H and O–H groups in total. The van der Waals surface area contributed by atoms with Gasteiger partial charge in [-0.1, -0.05) is 0 Å². The first-order valence-corrected chi connectivity index (χ1v) is 3.29. The Morgan fingerprint density at radius 1 is 1.50 bits per heavy atom. The molecule has 2 unspecified atom stereocenters. The highest BCUT2D eigenvalue weighted by Crippen LogP contribution is 2.44. The molecule has 0 spiro atoms. The minimum absolute atomic E-state index is 0.130. The van der Waals surface area contributed by atoms with Crippen LogP contribution < -0.4 is 0 Å². The Morgan fingerprint density at radius 3 is 2.17 bits per heavy atom. The topological polar surface area (TPSA) is 17.1 Å². The molecule has 12 heavy (non-hydrogen) atoms. The number of hydrogen-bond acceptors (Lipinski definition) is 1. The van der Waals surface area contributed by atoms with E-state index in [9.17, 15) is 22.4 Å². The van der Waals surface area contributed by atoms with Gasteiger partial charge in [-0.05, 0) is 12.8 Å². The third-order valence-corrected chi connectivity index (χ3v) is 1.96. The first-order valence-electron chi connectivity index (χ1n) is 3.29. The summed E-state index contributed by atoms with van der Waals surface area (Å²) in [6.07, 6.45) is -4.26. The molecule has 0 aromatic carbocycles. The maximum atomic E-state index is 13.0. The van der Waals surface area contributed by atoms with Gasteiger partial charge in [0.25, 0.3) is 6.08 Å². The number of allylic oxidation sites excluding steroid dienone is 1. The van der Waals surface area contributed by atoms with Gasteiger partial charge in [0.1, 0.15) is 11.7 Å². The van der Waals surface area contributed by atoms with Crippen molar-refractivity contribution in [2.24, 2.45) is 0 Å². The zero-order valence-corrected chi connectivity index (χ0v) is 5.91. The summed E-state index contributed by atoms with van der Waals surface area (Å²) < 4.78 is 49.1. The van der Waals surface area contributed by atoms with E-state index in [1.54, 1.807) is 0 Å². The second-order valence-corrected chi connectivity index (χ2v) is 2.61. The van der Waals surface area contributed by atoms with Gasteiger partial charge in [-0.25, -0.2) is 8.78 Å². The van der Waals surface area contributed by atoms with Crippen LogP contribution in [0.3, 0.4) is 0 Å². The van der Waals surface area contributed by atoms with Gasteiger partial charge < -0.3 is 0 Å². The van der Waals surface area contributed by atoms with Gasteiger partial charge in [-0.2, -0.15) is 8.78 Å².